The van der Waals surface area contributed by atoms with Crippen LogP contribution in [0.15, 0.2) is 29.3 Å². The van der Waals surface area contributed by atoms with E-state index in [2.05, 4.69) is 40.7 Å². The lowest BCUT2D eigenvalue weighted by Gasteiger charge is -2.28. The lowest BCUT2D eigenvalue weighted by Crippen LogP contribution is -2.47. The van der Waals surface area contributed by atoms with Crippen molar-refractivity contribution in [1.29, 1.82) is 0 Å². The summed E-state index contributed by atoms with van der Waals surface area (Å²) in [6, 6.07) is 9.11. The molecule has 2 bridgehead atoms. The van der Waals surface area contributed by atoms with Crippen LogP contribution in [0.25, 0.3) is 0 Å². The van der Waals surface area contributed by atoms with Crippen molar-refractivity contribution in [2.75, 3.05) is 33.3 Å². The summed E-state index contributed by atoms with van der Waals surface area (Å²) < 4.78 is 11.5. The van der Waals surface area contributed by atoms with Crippen molar-refractivity contribution < 1.29 is 9.47 Å². The fourth-order valence-corrected chi connectivity index (χ4v) is 4.80. The maximum atomic E-state index is 6.00. The second-order valence-corrected chi connectivity index (χ2v) is 8.12. The normalized spacial score (nSPS) is 27.5. The summed E-state index contributed by atoms with van der Waals surface area (Å²) in [7, 11) is 1.73. The van der Waals surface area contributed by atoms with E-state index in [0.29, 0.717) is 18.2 Å². The van der Waals surface area contributed by atoms with E-state index in [-0.39, 0.29) is 30.0 Å². The van der Waals surface area contributed by atoms with E-state index in [1.54, 1.807) is 7.11 Å². The minimum atomic E-state index is 0. The van der Waals surface area contributed by atoms with Gasteiger partial charge >= 0.3 is 0 Å². The lowest BCUT2D eigenvalue weighted by atomic mass is 9.96. The number of likely N-dealkylation sites (tertiary alicyclic amines) is 1. The molecule has 4 atom stereocenters. The number of halogens is 1. The van der Waals surface area contributed by atoms with Crippen LogP contribution in [0.2, 0.25) is 0 Å². The Bertz CT molecular complexity index is 681. The maximum absolute atomic E-state index is 6.00. The van der Waals surface area contributed by atoms with Gasteiger partial charge in [-0.05, 0) is 69.8 Å². The van der Waals surface area contributed by atoms with Crippen molar-refractivity contribution in [3.8, 4) is 5.75 Å². The highest BCUT2D eigenvalue weighted by molar-refractivity contribution is 14.0. The molecule has 162 valence electrons. The molecule has 3 aliphatic rings. The fourth-order valence-electron chi connectivity index (χ4n) is 4.80. The maximum Gasteiger partial charge on any atom is 0.191 e. The summed E-state index contributed by atoms with van der Waals surface area (Å²) in [5.41, 5.74) is 1.28. The number of rotatable bonds is 7. The molecule has 29 heavy (non-hydrogen) atoms. The van der Waals surface area contributed by atoms with Crippen molar-refractivity contribution in [2.45, 2.75) is 63.3 Å². The Morgan fingerprint density at radius 1 is 1.31 bits per heavy atom. The first-order chi connectivity index (χ1) is 13.8. The number of aliphatic imine (C=N–C) groups is 1. The van der Waals surface area contributed by atoms with Crippen molar-refractivity contribution in [2.24, 2.45) is 4.99 Å². The summed E-state index contributed by atoms with van der Waals surface area (Å²) in [6.07, 6.45) is 6.81. The van der Waals surface area contributed by atoms with E-state index >= 15 is 0 Å². The van der Waals surface area contributed by atoms with Crippen LogP contribution >= 0.6 is 24.0 Å². The summed E-state index contributed by atoms with van der Waals surface area (Å²) in [4.78, 5) is 7.55. The summed E-state index contributed by atoms with van der Waals surface area (Å²) in [6.45, 7) is 6.00. The fraction of sp³-hybridized carbons (Fsp3) is 0.682. The van der Waals surface area contributed by atoms with Gasteiger partial charge in [0.05, 0.1) is 37.9 Å². The summed E-state index contributed by atoms with van der Waals surface area (Å²) in [5.74, 6) is 1.82. The second-order valence-electron chi connectivity index (χ2n) is 8.12. The predicted molar refractivity (Wildman–Crippen MR) is 127 cm³/mol. The lowest BCUT2D eigenvalue weighted by molar-refractivity contribution is 0.0992. The highest BCUT2D eigenvalue weighted by Crippen LogP contribution is 2.34. The zero-order chi connectivity index (χ0) is 19.3. The summed E-state index contributed by atoms with van der Waals surface area (Å²) >= 11 is 0. The number of guanidine groups is 1. The molecule has 1 aromatic rings. The van der Waals surface area contributed by atoms with Crippen molar-refractivity contribution in [1.82, 2.24) is 15.5 Å². The van der Waals surface area contributed by atoms with Crippen molar-refractivity contribution >= 4 is 29.9 Å². The first-order valence-electron chi connectivity index (χ1n) is 10.8. The van der Waals surface area contributed by atoms with Crippen molar-refractivity contribution in [3.05, 3.63) is 29.8 Å². The van der Waals surface area contributed by atoms with Gasteiger partial charge in [-0.15, -0.1) is 24.0 Å². The standard InChI is InChI=1S/C22H34N4O2.HI/c1-3-23-22(25-19-14-18-9-10-21(19)28-18)24-15-20(26-11-4-5-12-26)16-7-6-8-17(13-16)27-2;/h6-8,13,18-21H,3-5,9-12,14-15H2,1-2H3,(H2,23,24,25);1H. The van der Waals surface area contributed by atoms with E-state index in [1.807, 2.05) is 6.07 Å². The number of fused-ring (bicyclic) bond motifs is 2. The van der Waals surface area contributed by atoms with Gasteiger partial charge in [-0.25, -0.2) is 0 Å². The molecule has 0 radical (unpaired) electrons. The van der Waals surface area contributed by atoms with Crippen LogP contribution in [0.4, 0.5) is 0 Å². The van der Waals surface area contributed by atoms with Gasteiger partial charge in [0.15, 0.2) is 5.96 Å². The molecule has 3 fully saturated rings. The van der Waals surface area contributed by atoms with E-state index in [1.165, 1.54) is 31.2 Å². The third-order valence-corrected chi connectivity index (χ3v) is 6.25. The average molecular weight is 514 g/mol. The third kappa shape index (κ3) is 5.55. The molecule has 3 aliphatic heterocycles. The number of ether oxygens (including phenoxy) is 2. The van der Waals surface area contributed by atoms with E-state index < -0.39 is 0 Å². The van der Waals surface area contributed by atoms with Gasteiger partial charge in [-0.3, -0.25) is 9.89 Å². The molecule has 4 rings (SSSR count). The second kappa shape index (κ2) is 10.8. The van der Waals surface area contributed by atoms with Gasteiger partial charge in [-0.2, -0.15) is 0 Å². The minimum Gasteiger partial charge on any atom is -0.497 e. The van der Waals surface area contributed by atoms with Crippen LogP contribution in [0.3, 0.4) is 0 Å². The number of methoxy groups -OCH3 is 1. The molecule has 1 aromatic carbocycles. The minimum absolute atomic E-state index is 0. The van der Waals surface area contributed by atoms with Gasteiger partial charge in [0, 0.05) is 6.54 Å². The molecule has 3 saturated heterocycles. The summed E-state index contributed by atoms with van der Waals surface area (Å²) in [5, 5.41) is 7.07. The molecular weight excluding hydrogens is 479 g/mol. The van der Waals surface area contributed by atoms with Crippen LogP contribution in [0.1, 0.15) is 50.6 Å². The van der Waals surface area contributed by atoms with E-state index in [9.17, 15) is 0 Å². The number of nitrogens with one attached hydrogen (secondary N) is 2. The zero-order valence-electron chi connectivity index (χ0n) is 17.6. The van der Waals surface area contributed by atoms with Gasteiger partial charge < -0.3 is 20.1 Å². The third-order valence-electron chi connectivity index (χ3n) is 6.25. The Morgan fingerprint density at radius 3 is 2.79 bits per heavy atom. The molecule has 0 amide bonds. The molecule has 0 aliphatic carbocycles. The van der Waals surface area contributed by atoms with E-state index in [0.717, 1.165) is 44.3 Å². The number of nitrogens with zero attached hydrogens (tertiary/aromatic N) is 2. The van der Waals surface area contributed by atoms with Crippen LogP contribution in [-0.4, -0.2) is 62.4 Å². The Labute approximate surface area is 191 Å². The number of hydrogen-bond donors (Lipinski definition) is 2. The highest BCUT2D eigenvalue weighted by atomic mass is 127. The van der Waals surface area contributed by atoms with Gasteiger partial charge in [0.2, 0.25) is 0 Å². The SMILES string of the molecule is CCNC(=NCC(c1cccc(OC)c1)N1CCCC1)NC1CC2CCC1O2.I. The Kier molecular flexibility index (Phi) is 8.44. The van der Waals surface area contributed by atoms with Crippen LogP contribution in [-0.2, 0) is 4.74 Å². The Morgan fingerprint density at radius 2 is 2.14 bits per heavy atom. The monoisotopic (exact) mass is 514 g/mol. The van der Waals surface area contributed by atoms with Crippen LogP contribution < -0.4 is 15.4 Å². The highest BCUT2D eigenvalue weighted by Gasteiger charge is 2.41. The molecule has 7 heteroatoms. The first kappa shape index (κ1) is 22.6. The molecule has 0 spiro atoms. The zero-order valence-corrected chi connectivity index (χ0v) is 19.9. The molecule has 3 heterocycles. The predicted octanol–water partition coefficient (Wildman–Crippen LogP) is 3.33. The largest absolute Gasteiger partial charge is 0.497 e. The molecule has 6 nitrogen and oxygen atoms in total. The molecular formula is C22H35IN4O2. The smallest absolute Gasteiger partial charge is 0.191 e. The average Bonchev–Trinajstić information content (AvgIpc) is 3.47. The molecule has 2 N–H and O–H groups in total. The Balaban J connectivity index is 0.00000240. The number of benzene rings is 1. The van der Waals surface area contributed by atoms with Crippen LogP contribution in [0, 0.1) is 0 Å². The first-order valence-corrected chi connectivity index (χ1v) is 10.8. The van der Waals surface area contributed by atoms with Gasteiger partial charge in [-0.1, -0.05) is 12.1 Å². The van der Waals surface area contributed by atoms with Gasteiger partial charge in [0.1, 0.15) is 5.75 Å². The Hall–Kier alpha value is -1.06. The quantitative estimate of drug-likeness (QED) is 0.332. The number of hydrogen-bond acceptors (Lipinski definition) is 4. The van der Waals surface area contributed by atoms with E-state index in [4.69, 9.17) is 14.5 Å². The molecule has 0 aromatic heterocycles. The van der Waals surface area contributed by atoms with Gasteiger partial charge in [0.25, 0.3) is 0 Å². The molecule has 4 unspecified atom stereocenters. The van der Waals surface area contributed by atoms with Crippen molar-refractivity contribution in [3.63, 3.8) is 0 Å². The van der Waals surface area contributed by atoms with Crippen LogP contribution in [0.5, 0.6) is 5.75 Å². The topological polar surface area (TPSA) is 58.1 Å². The molecule has 0 saturated carbocycles.